The lowest BCUT2D eigenvalue weighted by Gasteiger charge is -2.22. The van der Waals surface area contributed by atoms with E-state index in [0.717, 1.165) is 20.4 Å². The van der Waals surface area contributed by atoms with Crippen LogP contribution < -0.4 is 0 Å². The predicted molar refractivity (Wildman–Crippen MR) is 95.6 cm³/mol. The summed E-state index contributed by atoms with van der Waals surface area (Å²) in [7, 11) is -3.95. The summed E-state index contributed by atoms with van der Waals surface area (Å²) in [6.45, 7) is 5.47. The van der Waals surface area contributed by atoms with Gasteiger partial charge in [0.05, 0.1) is 10.9 Å². The molecule has 2 aromatic rings. The topological polar surface area (TPSA) is 63.7 Å². The summed E-state index contributed by atoms with van der Waals surface area (Å²) in [4.78, 5) is 0.222. The van der Waals surface area contributed by atoms with E-state index < -0.39 is 33.4 Å². The van der Waals surface area contributed by atoms with Gasteiger partial charge in [0.1, 0.15) is 6.10 Å². The number of rotatable bonds is 2. The van der Waals surface area contributed by atoms with Gasteiger partial charge in [-0.1, -0.05) is 45.7 Å². The molecule has 1 aliphatic carbocycles. The lowest BCUT2D eigenvalue weighted by Crippen LogP contribution is -2.33. The number of nitrogens with zero attached hydrogens (tertiary/aromatic N) is 1. The van der Waals surface area contributed by atoms with Crippen LogP contribution in [-0.4, -0.2) is 22.4 Å². The van der Waals surface area contributed by atoms with Crippen LogP contribution in [0.5, 0.6) is 0 Å². The van der Waals surface area contributed by atoms with E-state index >= 15 is 0 Å². The summed E-state index contributed by atoms with van der Waals surface area (Å²) in [6.07, 6.45) is 0.170. The Morgan fingerprint density at radius 2 is 1.76 bits per heavy atom. The van der Waals surface area contributed by atoms with Gasteiger partial charge in [-0.2, -0.15) is 0 Å². The zero-order valence-corrected chi connectivity index (χ0v) is 15.9. The fraction of sp³-hybridized carbons (Fsp3) is 0.333. The van der Waals surface area contributed by atoms with E-state index in [4.69, 9.17) is 4.18 Å². The second-order valence-electron chi connectivity index (χ2n) is 6.69. The first kappa shape index (κ1) is 16.9. The molecular formula is C18H19NO4S2. The first-order valence-electron chi connectivity index (χ1n) is 8.10. The summed E-state index contributed by atoms with van der Waals surface area (Å²) in [5.74, 6) is 0. The third-order valence-electron chi connectivity index (χ3n) is 4.83. The van der Waals surface area contributed by atoms with Gasteiger partial charge in [-0.05, 0) is 43.0 Å². The van der Waals surface area contributed by atoms with E-state index in [-0.39, 0.29) is 4.90 Å². The van der Waals surface area contributed by atoms with Gasteiger partial charge in [0, 0.05) is 6.42 Å². The van der Waals surface area contributed by atoms with Gasteiger partial charge < -0.3 is 0 Å². The Hall–Kier alpha value is -1.54. The van der Waals surface area contributed by atoms with E-state index in [1.807, 2.05) is 43.3 Å². The molecule has 1 unspecified atom stereocenters. The Morgan fingerprint density at radius 3 is 2.44 bits per heavy atom. The normalized spacial score (nSPS) is 25.8. The Bertz CT molecular complexity index is 977. The van der Waals surface area contributed by atoms with E-state index in [2.05, 4.69) is 0 Å². The number of aryl methyl sites for hydroxylation is 3. The maximum atomic E-state index is 13.4. The molecule has 1 aliphatic heterocycles. The highest BCUT2D eigenvalue weighted by Crippen LogP contribution is 2.46. The van der Waals surface area contributed by atoms with Crippen molar-refractivity contribution in [1.82, 2.24) is 3.71 Å². The van der Waals surface area contributed by atoms with Crippen LogP contribution in [0, 0.1) is 20.8 Å². The average Bonchev–Trinajstić information content (AvgIpc) is 2.99. The van der Waals surface area contributed by atoms with Gasteiger partial charge in [0.25, 0.3) is 21.3 Å². The predicted octanol–water partition coefficient (Wildman–Crippen LogP) is 2.88. The van der Waals surface area contributed by atoms with E-state index in [0.29, 0.717) is 17.5 Å². The molecule has 1 saturated heterocycles. The molecule has 3 atom stereocenters. The molecule has 0 amide bonds. The zero-order valence-electron chi connectivity index (χ0n) is 14.2. The zero-order chi connectivity index (χ0) is 17.9. The Kier molecular flexibility index (Phi) is 3.88. The molecule has 25 heavy (non-hydrogen) atoms. The van der Waals surface area contributed by atoms with Crippen LogP contribution in [0.3, 0.4) is 0 Å². The second kappa shape index (κ2) is 5.74. The fourth-order valence-corrected chi connectivity index (χ4v) is 7.54. The van der Waals surface area contributed by atoms with Crippen LogP contribution in [0.4, 0.5) is 0 Å². The molecule has 4 rings (SSSR count). The summed E-state index contributed by atoms with van der Waals surface area (Å²) in [5.41, 5.74) is 4.24. The minimum atomic E-state index is -3.95. The second-order valence-corrected chi connectivity index (χ2v) is 9.69. The Balaban J connectivity index is 1.88. The smallest absolute Gasteiger partial charge is 0.257 e. The van der Waals surface area contributed by atoms with Crippen LogP contribution in [0.1, 0.15) is 33.9 Å². The molecule has 0 bridgehead atoms. The summed E-state index contributed by atoms with van der Waals surface area (Å²) >= 11 is -2.02. The Morgan fingerprint density at radius 1 is 1.12 bits per heavy atom. The molecular weight excluding hydrogens is 358 g/mol. The molecule has 1 heterocycles. The van der Waals surface area contributed by atoms with Crippen molar-refractivity contribution in [2.24, 2.45) is 0 Å². The number of hydrogen-bond acceptors (Lipinski definition) is 4. The fourth-order valence-electron chi connectivity index (χ4n) is 4.01. The van der Waals surface area contributed by atoms with Crippen molar-refractivity contribution in [2.75, 3.05) is 0 Å². The molecule has 7 heteroatoms. The molecule has 5 nitrogen and oxygen atoms in total. The van der Waals surface area contributed by atoms with Crippen molar-refractivity contribution in [3.63, 3.8) is 0 Å². The third kappa shape index (κ3) is 2.49. The molecule has 0 spiro atoms. The maximum absolute atomic E-state index is 13.4. The number of fused-ring (bicyclic) bond motifs is 3. The monoisotopic (exact) mass is 377 g/mol. The van der Waals surface area contributed by atoms with Crippen LogP contribution >= 0.6 is 0 Å². The highest BCUT2D eigenvalue weighted by Gasteiger charge is 2.53. The highest BCUT2D eigenvalue weighted by atomic mass is 32.3. The summed E-state index contributed by atoms with van der Waals surface area (Å²) < 4.78 is 45.9. The molecule has 0 aromatic heterocycles. The first-order chi connectivity index (χ1) is 11.8. The van der Waals surface area contributed by atoms with Crippen molar-refractivity contribution in [3.05, 3.63) is 64.2 Å². The Labute approximate surface area is 150 Å². The first-order valence-corrected chi connectivity index (χ1v) is 10.6. The third-order valence-corrected chi connectivity index (χ3v) is 8.57. The lowest BCUT2D eigenvalue weighted by atomic mass is 10.1. The van der Waals surface area contributed by atoms with Gasteiger partial charge in [-0.15, -0.1) is 0 Å². The van der Waals surface area contributed by atoms with Crippen molar-refractivity contribution in [3.8, 4) is 0 Å². The molecule has 132 valence electrons. The molecule has 0 saturated carbocycles. The van der Waals surface area contributed by atoms with E-state index in [1.165, 1.54) is 0 Å². The average molecular weight is 377 g/mol. The van der Waals surface area contributed by atoms with E-state index in [1.54, 1.807) is 13.8 Å². The van der Waals surface area contributed by atoms with Crippen LogP contribution in [0.2, 0.25) is 0 Å². The standard InChI is InChI=1S/C18H19NO4S2/c1-11-8-12(2)18(13(3)9-11)25(21,22)19-17-15-7-5-4-6-14(15)10-16(17)23-24(19)20/h4-9,16-17H,10H2,1-3H3/t16-,17+,24?/m1/s1. The molecule has 0 radical (unpaired) electrons. The largest absolute Gasteiger partial charge is 0.272 e. The maximum Gasteiger partial charge on any atom is 0.257 e. The van der Waals surface area contributed by atoms with Gasteiger partial charge in [-0.3, -0.25) is 4.18 Å². The van der Waals surface area contributed by atoms with E-state index in [9.17, 15) is 12.6 Å². The molecule has 0 N–H and O–H groups in total. The quantitative estimate of drug-likeness (QED) is 0.807. The van der Waals surface area contributed by atoms with Gasteiger partial charge in [0.15, 0.2) is 0 Å². The van der Waals surface area contributed by atoms with Gasteiger partial charge >= 0.3 is 0 Å². The van der Waals surface area contributed by atoms with Crippen molar-refractivity contribution in [2.45, 2.75) is 44.2 Å². The molecule has 2 aliphatic rings. The van der Waals surface area contributed by atoms with Crippen molar-refractivity contribution in [1.29, 1.82) is 0 Å². The number of hydrogen-bond donors (Lipinski definition) is 0. The molecule has 2 aromatic carbocycles. The molecule has 1 fully saturated rings. The van der Waals surface area contributed by atoms with Gasteiger partial charge in [-0.25, -0.2) is 12.6 Å². The lowest BCUT2D eigenvalue weighted by molar-refractivity contribution is 0.230. The minimum absolute atomic E-state index is 0.222. The summed E-state index contributed by atoms with van der Waals surface area (Å²) in [5, 5.41) is 0. The SMILES string of the molecule is Cc1cc(C)c(S(=O)(=O)N2[C@H]3c4ccccc4C[C@H]3OS2=O)c(C)c1. The van der Waals surface area contributed by atoms with Crippen LogP contribution in [0.15, 0.2) is 41.3 Å². The number of benzene rings is 2. The van der Waals surface area contributed by atoms with Crippen LogP contribution in [-0.2, 0) is 31.9 Å². The van der Waals surface area contributed by atoms with Crippen molar-refractivity contribution >= 4 is 21.3 Å². The highest BCUT2D eigenvalue weighted by molar-refractivity contribution is 7.99. The summed E-state index contributed by atoms with van der Waals surface area (Å²) in [6, 6.07) is 10.8. The van der Waals surface area contributed by atoms with Crippen LogP contribution in [0.25, 0.3) is 0 Å². The number of sulfonamides is 1. The van der Waals surface area contributed by atoms with Gasteiger partial charge in [0.2, 0.25) is 0 Å². The minimum Gasteiger partial charge on any atom is -0.272 e. The van der Waals surface area contributed by atoms with Crippen molar-refractivity contribution < 1.29 is 16.8 Å².